The van der Waals surface area contributed by atoms with E-state index in [1.54, 1.807) is 18.4 Å². The van der Waals surface area contributed by atoms with Crippen LogP contribution in [0.2, 0.25) is 0 Å². The Labute approximate surface area is 191 Å². The SMILES string of the molecule is CN=C(NCCCOc1ccc2ccccc2c1)NCc1cn2ccsc2n1.I. The van der Waals surface area contributed by atoms with E-state index in [1.165, 1.54) is 10.8 Å². The largest absolute Gasteiger partial charge is 0.494 e. The molecule has 0 spiro atoms. The lowest BCUT2D eigenvalue weighted by Crippen LogP contribution is -2.37. The third-order valence-corrected chi connectivity index (χ3v) is 5.18. The summed E-state index contributed by atoms with van der Waals surface area (Å²) in [5, 5.41) is 11.1. The number of ether oxygens (including phenoxy) is 1. The third-order valence-electron chi connectivity index (χ3n) is 4.41. The first kappa shape index (κ1) is 21.4. The molecule has 0 saturated heterocycles. The zero-order valence-corrected chi connectivity index (χ0v) is 19.3. The number of thiazole rings is 1. The first-order chi connectivity index (χ1) is 13.8. The van der Waals surface area contributed by atoms with Gasteiger partial charge in [-0.2, -0.15) is 0 Å². The molecule has 29 heavy (non-hydrogen) atoms. The number of nitrogens with one attached hydrogen (secondary N) is 2. The van der Waals surface area contributed by atoms with Gasteiger partial charge in [-0.05, 0) is 29.3 Å². The molecule has 0 radical (unpaired) electrons. The summed E-state index contributed by atoms with van der Waals surface area (Å²) in [5.41, 5.74) is 0.995. The van der Waals surface area contributed by atoms with Crippen molar-refractivity contribution in [1.82, 2.24) is 20.0 Å². The Morgan fingerprint density at radius 1 is 1.17 bits per heavy atom. The number of nitrogens with zero attached hydrogens (tertiary/aromatic N) is 3. The van der Waals surface area contributed by atoms with Crippen LogP contribution in [0.1, 0.15) is 12.1 Å². The monoisotopic (exact) mass is 521 g/mol. The molecule has 6 nitrogen and oxygen atoms in total. The van der Waals surface area contributed by atoms with Crippen molar-refractivity contribution in [2.24, 2.45) is 4.99 Å². The highest BCUT2D eigenvalue weighted by molar-refractivity contribution is 14.0. The van der Waals surface area contributed by atoms with E-state index in [-0.39, 0.29) is 24.0 Å². The molecule has 0 atom stereocenters. The summed E-state index contributed by atoms with van der Waals surface area (Å²) < 4.78 is 7.90. The van der Waals surface area contributed by atoms with Gasteiger partial charge in [-0.25, -0.2) is 4.98 Å². The van der Waals surface area contributed by atoms with Crippen LogP contribution in [0.3, 0.4) is 0 Å². The van der Waals surface area contributed by atoms with Crippen LogP contribution in [0, 0.1) is 0 Å². The Balaban J connectivity index is 0.00000240. The van der Waals surface area contributed by atoms with Crippen molar-refractivity contribution in [3.05, 3.63) is 65.9 Å². The lowest BCUT2D eigenvalue weighted by molar-refractivity contribution is 0.311. The minimum absolute atomic E-state index is 0. The molecule has 0 aliphatic heterocycles. The normalized spacial score (nSPS) is 11.4. The first-order valence-corrected chi connectivity index (χ1v) is 10.2. The Kier molecular flexibility index (Phi) is 7.70. The van der Waals surface area contributed by atoms with E-state index in [9.17, 15) is 0 Å². The molecular weight excluding hydrogens is 497 g/mol. The molecule has 8 heteroatoms. The molecule has 0 bridgehead atoms. The Hall–Kier alpha value is -2.33. The number of guanidine groups is 1. The van der Waals surface area contributed by atoms with Crippen LogP contribution in [-0.2, 0) is 6.54 Å². The number of aliphatic imine (C=N–C) groups is 1. The van der Waals surface area contributed by atoms with Gasteiger partial charge in [0.1, 0.15) is 5.75 Å². The number of hydrogen-bond acceptors (Lipinski definition) is 4. The highest BCUT2D eigenvalue weighted by Crippen LogP contribution is 2.20. The summed E-state index contributed by atoms with van der Waals surface area (Å²) in [4.78, 5) is 9.82. The second kappa shape index (κ2) is 10.4. The molecule has 152 valence electrons. The molecule has 4 aromatic rings. The second-order valence-corrected chi connectivity index (χ2v) is 7.26. The van der Waals surface area contributed by atoms with Crippen LogP contribution in [0.15, 0.2) is 65.2 Å². The van der Waals surface area contributed by atoms with Crippen molar-refractivity contribution in [1.29, 1.82) is 0 Å². The van der Waals surface area contributed by atoms with Gasteiger partial charge in [0, 0.05) is 31.4 Å². The molecular formula is C21H24IN5OS. The summed E-state index contributed by atoms with van der Waals surface area (Å²) in [5.74, 6) is 1.67. The fraction of sp³-hybridized carbons (Fsp3) is 0.238. The van der Waals surface area contributed by atoms with Crippen LogP contribution < -0.4 is 15.4 Å². The molecule has 0 saturated carbocycles. The van der Waals surface area contributed by atoms with Crippen LogP contribution >= 0.6 is 35.3 Å². The molecule has 0 unspecified atom stereocenters. The van der Waals surface area contributed by atoms with Crippen molar-refractivity contribution in [2.75, 3.05) is 20.2 Å². The number of aromatic nitrogens is 2. The summed E-state index contributed by atoms with van der Waals surface area (Å²) in [6.07, 6.45) is 4.93. The van der Waals surface area contributed by atoms with E-state index in [0.717, 1.165) is 35.3 Å². The summed E-state index contributed by atoms with van der Waals surface area (Å²) in [7, 11) is 1.77. The smallest absolute Gasteiger partial charge is 0.193 e. The number of fused-ring (bicyclic) bond motifs is 2. The molecule has 0 aliphatic rings. The Bertz CT molecular complexity index is 1060. The maximum absolute atomic E-state index is 5.87. The number of benzene rings is 2. The van der Waals surface area contributed by atoms with E-state index < -0.39 is 0 Å². The first-order valence-electron chi connectivity index (χ1n) is 9.29. The van der Waals surface area contributed by atoms with Gasteiger partial charge >= 0.3 is 0 Å². The number of rotatable bonds is 7. The molecule has 4 rings (SSSR count). The lowest BCUT2D eigenvalue weighted by Gasteiger charge is -2.11. The van der Waals surface area contributed by atoms with E-state index in [2.05, 4.69) is 44.9 Å². The molecule has 2 N–H and O–H groups in total. The predicted molar refractivity (Wildman–Crippen MR) is 131 cm³/mol. The van der Waals surface area contributed by atoms with E-state index >= 15 is 0 Å². The van der Waals surface area contributed by atoms with E-state index in [1.807, 2.05) is 40.4 Å². The van der Waals surface area contributed by atoms with Crippen LogP contribution in [0.4, 0.5) is 0 Å². The number of hydrogen-bond donors (Lipinski definition) is 2. The van der Waals surface area contributed by atoms with Crippen LogP contribution in [0.5, 0.6) is 5.75 Å². The predicted octanol–water partition coefficient (Wildman–Crippen LogP) is 4.30. The van der Waals surface area contributed by atoms with Gasteiger partial charge in [0.15, 0.2) is 10.9 Å². The molecule has 0 fully saturated rings. The van der Waals surface area contributed by atoms with Gasteiger partial charge in [0.2, 0.25) is 0 Å². The average Bonchev–Trinajstić information content (AvgIpc) is 3.32. The average molecular weight is 521 g/mol. The topological polar surface area (TPSA) is 63.0 Å². The summed E-state index contributed by atoms with van der Waals surface area (Å²) >= 11 is 1.63. The Morgan fingerprint density at radius 3 is 2.86 bits per heavy atom. The van der Waals surface area contributed by atoms with Crippen molar-refractivity contribution < 1.29 is 4.74 Å². The quantitative estimate of drug-likeness (QED) is 0.165. The van der Waals surface area contributed by atoms with Gasteiger partial charge in [0.05, 0.1) is 18.8 Å². The zero-order chi connectivity index (χ0) is 19.2. The molecule has 2 aromatic carbocycles. The van der Waals surface area contributed by atoms with Gasteiger partial charge < -0.3 is 15.4 Å². The molecule has 2 heterocycles. The summed E-state index contributed by atoms with van der Waals surface area (Å²) in [6.45, 7) is 2.08. The van der Waals surface area contributed by atoms with Crippen LogP contribution in [-0.4, -0.2) is 35.5 Å². The van der Waals surface area contributed by atoms with Crippen molar-refractivity contribution >= 4 is 57.0 Å². The summed E-state index contributed by atoms with van der Waals surface area (Å²) in [6, 6.07) is 14.5. The number of imidazole rings is 1. The zero-order valence-electron chi connectivity index (χ0n) is 16.2. The fourth-order valence-electron chi connectivity index (χ4n) is 2.98. The van der Waals surface area contributed by atoms with Crippen LogP contribution in [0.25, 0.3) is 15.7 Å². The van der Waals surface area contributed by atoms with E-state index in [0.29, 0.717) is 13.2 Å². The second-order valence-electron chi connectivity index (χ2n) is 6.39. The highest BCUT2D eigenvalue weighted by atomic mass is 127. The molecule has 2 aromatic heterocycles. The van der Waals surface area contributed by atoms with Crippen molar-refractivity contribution in [2.45, 2.75) is 13.0 Å². The maximum Gasteiger partial charge on any atom is 0.193 e. The van der Waals surface area contributed by atoms with Gasteiger partial charge in [-0.15, -0.1) is 35.3 Å². The minimum Gasteiger partial charge on any atom is -0.494 e. The Morgan fingerprint density at radius 2 is 2.03 bits per heavy atom. The number of halogens is 1. The molecule has 0 aliphatic carbocycles. The lowest BCUT2D eigenvalue weighted by atomic mass is 10.1. The van der Waals surface area contributed by atoms with Gasteiger partial charge in [-0.1, -0.05) is 30.3 Å². The molecule has 0 amide bonds. The third kappa shape index (κ3) is 5.60. The highest BCUT2D eigenvalue weighted by Gasteiger charge is 2.04. The van der Waals surface area contributed by atoms with Crippen molar-refractivity contribution in [3.63, 3.8) is 0 Å². The van der Waals surface area contributed by atoms with Crippen molar-refractivity contribution in [3.8, 4) is 5.75 Å². The van der Waals surface area contributed by atoms with E-state index in [4.69, 9.17) is 4.74 Å². The van der Waals surface area contributed by atoms with Gasteiger partial charge in [-0.3, -0.25) is 9.39 Å². The standard InChI is InChI=1S/C21H23N5OS.HI/c1-22-20(24-14-18-15-26-10-12-28-21(26)25-18)23-9-4-11-27-19-8-7-16-5-2-3-6-17(16)13-19;/h2-3,5-8,10,12-13,15H,4,9,11,14H2,1H3,(H2,22,23,24);1H. The van der Waals surface area contributed by atoms with Gasteiger partial charge in [0.25, 0.3) is 0 Å². The minimum atomic E-state index is 0. The maximum atomic E-state index is 5.87. The fourth-order valence-corrected chi connectivity index (χ4v) is 3.70.